The van der Waals surface area contributed by atoms with Crippen LogP contribution in [0, 0.1) is 0 Å². The van der Waals surface area contributed by atoms with E-state index in [0.717, 1.165) is 12.0 Å². The highest BCUT2D eigenvalue weighted by atomic mass is 32.2. The molecule has 0 aliphatic carbocycles. The summed E-state index contributed by atoms with van der Waals surface area (Å²) >= 11 is 0. The van der Waals surface area contributed by atoms with Crippen molar-refractivity contribution in [2.45, 2.75) is 37.7 Å². The largest absolute Gasteiger partial charge is 0.478 e. The highest BCUT2D eigenvalue weighted by Crippen LogP contribution is 2.13. The molecule has 21 heavy (non-hydrogen) atoms. The van der Waals surface area contributed by atoms with Crippen LogP contribution in [0.5, 0.6) is 0 Å². The molecule has 0 aliphatic heterocycles. The van der Waals surface area contributed by atoms with Gasteiger partial charge in [-0.05, 0) is 30.5 Å². The minimum atomic E-state index is -1.38. The van der Waals surface area contributed by atoms with Gasteiger partial charge in [0, 0.05) is 16.6 Å². The zero-order valence-corrected chi connectivity index (χ0v) is 13.0. The van der Waals surface area contributed by atoms with Crippen molar-refractivity contribution in [3.8, 4) is 0 Å². The molecule has 116 valence electrons. The first-order valence-corrected chi connectivity index (χ1v) is 8.23. The van der Waals surface area contributed by atoms with Crippen LogP contribution in [-0.2, 0) is 26.1 Å². The summed E-state index contributed by atoms with van der Waals surface area (Å²) in [5.74, 6) is -1.23. The maximum absolute atomic E-state index is 12.3. The first-order chi connectivity index (χ1) is 9.99. The van der Waals surface area contributed by atoms with Crippen LogP contribution in [0.3, 0.4) is 0 Å². The summed E-state index contributed by atoms with van der Waals surface area (Å²) in [4.78, 5) is 22.6. The Balaban J connectivity index is 2.69. The predicted molar refractivity (Wildman–Crippen MR) is 80.6 cm³/mol. The molecule has 2 atom stereocenters. The van der Waals surface area contributed by atoms with E-state index in [1.807, 2.05) is 6.92 Å². The van der Waals surface area contributed by atoms with E-state index in [1.165, 1.54) is 12.1 Å². The average Bonchev–Trinajstić information content (AvgIpc) is 2.46. The fourth-order valence-corrected chi connectivity index (χ4v) is 3.14. The molecule has 0 saturated carbocycles. The second kappa shape index (κ2) is 8.56. The number of benzene rings is 1. The summed E-state index contributed by atoms with van der Waals surface area (Å²) in [5, 5.41) is 8.18. The maximum atomic E-state index is 12.3. The summed E-state index contributed by atoms with van der Waals surface area (Å²) in [6, 6.07) is 6.16. The second-order valence-corrected chi connectivity index (χ2v) is 6.21. The van der Waals surface area contributed by atoms with E-state index >= 15 is 0 Å². The quantitative estimate of drug-likeness (QED) is 0.745. The topological polar surface area (TPSA) is 80.7 Å². The van der Waals surface area contributed by atoms with Gasteiger partial charge in [0.15, 0.2) is 0 Å². The van der Waals surface area contributed by atoms with Gasteiger partial charge >= 0.3 is 11.9 Å². The molecular weight excluding hydrogens is 292 g/mol. The van der Waals surface area contributed by atoms with Crippen molar-refractivity contribution < 1.29 is 23.6 Å². The number of carbonyl (C=O) groups is 2. The minimum absolute atomic E-state index is 0.180. The maximum Gasteiger partial charge on any atom is 0.335 e. The van der Waals surface area contributed by atoms with E-state index in [1.54, 1.807) is 19.1 Å². The third-order valence-electron chi connectivity index (χ3n) is 2.91. The van der Waals surface area contributed by atoms with Crippen molar-refractivity contribution in [1.29, 1.82) is 0 Å². The van der Waals surface area contributed by atoms with E-state index in [0.29, 0.717) is 13.0 Å². The van der Waals surface area contributed by atoms with Gasteiger partial charge in [-0.15, -0.1) is 0 Å². The van der Waals surface area contributed by atoms with Crippen molar-refractivity contribution in [2.24, 2.45) is 0 Å². The second-order valence-electron chi connectivity index (χ2n) is 4.59. The van der Waals surface area contributed by atoms with Crippen LogP contribution in [0.4, 0.5) is 0 Å². The number of carboxylic acid groups (broad SMARTS) is 1. The lowest BCUT2D eigenvalue weighted by molar-refractivity contribution is -0.143. The van der Waals surface area contributed by atoms with E-state index in [9.17, 15) is 13.8 Å². The molecule has 2 unspecified atom stereocenters. The number of carbonyl (C=O) groups excluding carboxylic acids is 1. The minimum Gasteiger partial charge on any atom is -0.478 e. The van der Waals surface area contributed by atoms with E-state index < -0.39 is 28.0 Å². The molecule has 0 aromatic heterocycles. The van der Waals surface area contributed by atoms with Crippen LogP contribution in [0.2, 0.25) is 0 Å². The Labute approximate surface area is 126 Å². The monoisotopic (exact) mass is 312 g/mol. The molecule has 0 spiro atoms. The van der Waals surface area contributed by atoms with Gasteiger partial charge in [-0.2, -0.15) is 0 Å². The van der Waals surface area contributed by atoms with Crippen molar-refractivity contribution in [3.05, 3.63) is 35.4 Å². The molecule has 0 fully saturated rings. The summed E-state index contributed by atoms with van der Waals surface area (Å²) in [7, 11) is -1.38. The standard InChI is InChI=1S/C15H20O5S/c1-3-9-20-15(18)13(4-2)21(19)10-11-5-7-12(8-6-11)14(16)17/h5-8,13H,3-4,9-10H2,1-2H3,(H,16,17). The number of carboxylic acids is 1. The smallest absolute Gasteiger partial charge is 0.335 e. The van der Waals surface area contributed by atoms with Crippen LogP contribution in [0.15, 0.2) is 24.3 Å². The summed E-state index contributed by atoms with van der Waals surface area (Å²) in [6.07, 6.45) is 1.17. The number of hydrogen-bond donors (Lipinski definition) is 1. The molecule has 6 heteroatoms. The molecule has 0 heterocycles. The Hall–Kier alpha value is -1.69. The summed E-state index contributed by atoms with van der Waals surface area (Å²) in [5.41, 5.74) is 0.916. The SMILES string of the molecule is CCCOC(=O)C(CC)S(=O)Cc1ccc(C(=O)O)cc1. The molecular formula is C15H20O5S. The van der Waals surface area contributed by atoms with Gasteiger partial charge in [0.2, 0.25) is 0 Å². The molecule has 1 aromatic rings. The fraction of sp³-hybridized carbons (Fsp3) is 0.467. The summed E-state index contributed by atoms with van der Waals surface area (Å²) < 4.78 is 17.3. The van der Waals surface area contributed by atoms with Crippen LogP contribution < -0.4 is 0 Å². The van der Waals surface area contributed by atoms with Gasteiger partial charge in [0.05, 0.1) is 12.2 Å². The van der Waals surface area contributed by atoms with Crippen LogP contribution >= 0.6 is 0 Å². The normalized spacial score (nSPS) is 13.4. The molecule has 1 N–H and O–H groups in total. The van der Waals surface area contributed by atoms with Crippen LogP contribution in [0.25, 0.3) is 0 Å². The lowest BCUT2D eigenvalue weighted by atomic mass is 10.1. The lowest BCUT2D eigenvalue weighted by Gasteiger charge is -2.13. The lowest BCUT2D eigenvalue weighted by Crippen LogP contribution is -2.28. The van der Waals surface area contributed by atoms with Gasteiger partial charge < -0.3 is 9.84 Å². The molecule has 0 radical (unpaired) electrons. The van der Waals surface area contributed by atoms with Crippen molar-refractivity contribution in [2.75, 3.05) is 6.61 Å². The Morgan fingerprint density at radius 3 is 2.33 bits per heavy atom. The van der Waals surface area contributed by atoms with Gasteiger partial charge in [-0.25, -0.2) is 4.79 Å². The van der Waals surface area contributed by atoms with Crippen molar-refractivity contribution in [1.82, 2.24) is 0 Å². The molecule has 5 nitrogen and oxygen atoms in total. The number of esters is 1. The highest BCUT2D eigenvalue weighted by molar-refractivity contribution is 7.85. The van der Waals surface area contributed by atoms with Gasteiger partial charge in [0.25, 0.3) is 0 Å². The summed E-state index contributed by atoms with van der Waals surface area (Å²) in [6.45, 7) is 4.03. The zero-order valence-electron chi connectivity index (χ0n) is 12.2. The van der Waals surface area contributed by atoms with Crippen molar-refractivity contribution >= 4 is 22.7 Å². The molecule has 0 saturated heterocycles. The van der Waals surface area contributed by atoms with Crippen LogP contribution in [0.1, 0.15) is 42.6 Å². The van der Waals surface area contributed by atoms with Gasteiger partial charge in [0.1, 0.15) is 5.25 Å². The van der Waals surface area contributed by atoms with Gasteiger partial charge in [-0.1, -0.05) is 26.0 Å². The number of ether oxygens (including phenoxy) is 1. The Morgan fingerprint density at radius 2 is 1.86 bits per heavy atom. The third-order valence-corrected chi connectivity index (χ3v) is 4.69. The van der Waals surface area contributed by atoms with Gasteiger partial charge in [-0.3, -0.25) is 9.00 Å². The van der Waals surface area contributed by atoms with E-state index in [4.69, 9.17) is 9.84 Å². The fourth-order valence-electron chi connectivity index (χ4n) is 1.76. The number of hydrogen-bond acceptors (Lipinski definition) is 4. The van der Waals surface area contributed by atoms with E-state index in [-0.39, 0.29) is 11.3 Å². The molecule has 0 amide bonds. The molecule has 1 rings (SSSR count). The molecule has 0 bridgehead atoms. The third kappa shape index (κ3) is 5.30. The molecule has 1 aromatic carbocycles. The Kier molecular flexibility index (Phi) is 7.08. The van der Waals surface area contributed by atoms with E-state index in [2.05, 4.69) is 0 Å². The van der Waals surface area contributed by atoms with Crippen LogP contribution in [-0.4, -0.2) is 33.1 Å². The first-order valence-electron chi connectivity index (χ1n) is 6.85. The number of rotatable bonds is 8. The van der Waals surface area contributed by atoms with Crippen molar-refractivity contribution in [3.63, 3.8) is 0 Å². The molecule has 0 aliphatic rings. The number of aromatic carboxylic acids is 1. The zero-order chi connectivity index (χ0) is 15.8. The first kappa shape index (κ1) is 17.4. The Bertz CT molecular complexity index is 509. The highest BCUT2D eigenvalue weighted by Gasteiger charge is 2.24. The average molecular weight is 312 g/mol. The predicted octanol–water partition coefficient (Wildman–Crippen LogP) is 2.37. The Morgan fingerprint density at radius 1 is 1.24 bits per heavy atom.